The van der Waals surface area contributed by atoms with Gasteiger partial charge in [0.05, 0.1) is 5.69 Å². The van der Waals surface area contributed by atoms with Gasteiger partial charge in [0.1, 0.15) is 5.82 Å². The molecular weight excluding hydrogens is 205 g/mol. The van der Waals surface area contributed by atoms with Crippen molar-refractivity contribution in [2.75, 3.05) is 0 Å². The third kappa shape index (κ3) is 1.84. The molecule has 2 N–H and O–H groups in total. The highest BCUT2D eigenvalue weighted by atomic mass is 19.1. The van der Waals surface area contributed by atoms with Crippen molar-refractivity contribution in [1.29, 1.82) is 0 Å². The fourth-order valence-corrected chi connectivity index (χ4v) is 1.74. The smallest absolute Gasteiger partial charge is 0.126 e. The molecule has 84 valence electrons. The van der Waals surface area contributed by atoms with Gasteiger partial charge in [-0.25, -0.2) is 4.39 Å². The highest BCUT2D eigenvalue weighted by Crippen LogP contribution is 2.24. The number of halogens is 1. The van der Waals surface area contributed by atoms with E-state index in [1.54, 1.807) is 17.7 Å². The fraction of sp³-hybridized carbons (Fsp3) is 0.250. The van der Waals surface area contributed by atoms with Gasteiger partial charge in [0.2, 0.25) is 0 Å². The van der Waals surface area contributed by atoms with Gasteiger partial charge >= 0.3 is 0 Å². The van der Waals surface area contributed by atoms with Crippen molar-refractivity contribution >= 4 is 0 Å². The van der Waals surface area contributed by atoms with Crippen LogP contribution >= 0.6 is 0 Å². The summed E-state index contributed by atoms with van der Waals surface area (Å²) in [5.74, 6) is -0.193. The van der Waals surface area contributed by atoms with Crippen LogP contribution in [0.2, 0.25) is 0 Å². The van der Waals surface area contributed by atoms with E-state index in [9.17, 15) is 4.39 Å². The molecule has 0 saturated carbocycles. The second-order valence-corrected chi connectivity index (χ2v) is 3.83. The second kappa shape index (κ2) is 4.06. The van der Waals surface area contributed by atoms with Crippen LogP contribution in [-0.4, -0.2) is 9.78 Å². The summed E-state index contributed by atoms with van der Waals surface area (Å²) in [5, 5.41) is 4.26. The van der Waals surface area contributed by atoms with Crippen molar-refractivity contribution in [2.45, 2.75) is 13.5 Å². The number of rotatable bonds is 2. The first-order valence-electron chi connectivity index (χ1n) is 5.11. The third-order valence-electron chi connectivity index (χ3n) is 2.57. The minimum Gasteiger partial charge on any atom is -0.325 e. The predicted molar refractivity (Wildman–Crippen MR) is 61.2 cm³/mol. The highest BCUT2D eigenvalue weighted by molar-refractivity contribution is 5.66. The van der Waals surface area contributed by atoms with Crippen LogP contribution in [0.3, 0.4) is 0 Å². The van der Waals surface area contributed by atoms with E-state index in [0.717, 1.165) is 16.8 Å². The van der Waals surface area contributed by atoms with E-state index < -0.39 is 0 Å². The molecule has 0 aliphatic heterocycles. The summed E-state index contributed by atoms with van der Waals surface area (Å²) < 4.78 is 14.9. The summed E-state index contributed by atoms with van der Waals surface area (Å²) >= 11 is 0. The topological polar surface area (TPSA) is 43.8 Å². The van der Waals surface area contributed by atoms with Gasteiger partial charge < -0.3 is 5.73 Å². The van der Waals surface area contributed by atoms with Gasteiger partial charge in [-0.2, -0.15) is 5.10 Å². The van der Waals surface area contributed by atoms with Crippen LogP contribution in [0.4, 0.5) is 4.39 Å². The van der Waals surface area contributed by atoms with Crippen molar-refractivity contribution in [3.05, 3.63) is 41.5 Å². The van der Waals surface area contributed by atoms with Crippen LogP contribution in [-0.2, 0) is 13.6 Å². The van der Waals surface area contributed by atoms with Crippen LogP contribution in [0.25, 0.3) is 11.1 Å². The average molecular weight is 219 g/mol. The second-order valence-electron chi connectivity index (χ2n) is 3.83. The first-order valence-corrected chi connectivity index (χ1v) is 5.11. The first-order chi connectivity index (χ1) is 7.61. The molecule has 1 aromatic heterocycles. The molecule has 0 saturated heterocycles. The van der Waals surface area contributed by atoms with Gasteiger partial charge in [-0.1, -0.05) is 6.07 Å². The zero-order valence-corrected chi connectivity index (χ0v) is 9.37. The van der Waals surface area contributed by atoms with Gasteiger partial charge in [0.25, 0.3) is 0 Å². The predicted octanol–water partition coefficient (Wildman–Crippen LogP) is 1.99. The first kappa shape index (κ1) is 10.8. The Balaban J connectivity index is 2.53. The van der Waals surface area contributed by atoms with Gasteiger partial charge in [0, 0.05) is 25.4 Å². The fourth-order valence-electron chi connectivity index (χ4n) is 1.74. The molecule has 0 spiro atoms. The molecule has 0 atom stereocenters. The molecule has 1 aromatic carbocycles. The maximum absolute atomic E-state index is 13.2. The molecule has 0 amide bonds. The Hall–Kier alpha value is -1.68. The SMILES string of the molecule is Cc1cc(-c2cn(C)nc2CN)ccc1F. The molecule has 0 unspecified atom stereocenters. The molecule has 0 aliphatic carbocycles. The molecular formula is C12H14FN3. The van der Waals surface area contributed by atoms with Crippen LogP contribution < -0.4 is 5.73 Å². The summed E-state index contributed by atoms with van der Waals surface area (Å²) in [5.41, 5.74) is 8.99. The van der Waals surface area contributed by atoms with E-state index >= 15 is 0 Å². The van der Waals surface area contributed by atoms with Crippen molar-refractivity contribution in [3.8, 4) is 11.1 Å². The lowest BCUT2D eigenvalue weighted by molar-refractivity contribution is 0.619. The molecule has 2 rings (SSSR count). The Morgan fingerprint density at radius 3 is 2.81 bits per heavy atom. The number of aromatic nitrogens is 2. The average Bonchev–Trinajstić information content (AvgIpc) is 2.63. The lowest BCUT2D eigenvalue weighted by Crippen LogP contribution is -2.00. The zero-order chi connectivity index (χ0) is 11.7. The van der Waals surface area contributed by atoms with Crippen molar-refractivity contribution in [2.24, 2.45) is 12.8 Å². The lowest BCUT2D eigenvalue weighted by atomic mass is 10.0. The number of hydrogen-bond acceptors (Lipinski definition) is 2. The van der Waals surface area contributed by atoms with E-state index in [1.807, 2.05) is 19.3 Å². The van der Waals surface area contributed by atoms with Crippen LogP contribution in [0.15, 0.2) is 24.4 Å². The van der Waals surface area contributed by atoms with Gasteiger partial charge in [-0.05, 0) is 30.2 Å². The van der Waals surface area contributed by atoms with Gasteiger partial charge in [-0.3, -0.25) is 4.68 Å². The summed E-state index contributed by atoms with van der Waals surface area (Å²) in [6.07, 6.45) is 1.90. The summed E-state index contributed by atoms with van der Waals surface area (Å²) in [6.45, 7) is 2.13. The standard InChI is InChI=1S/C12H14FN3/c1-8-5-9(3-4-11(8)13)10-7-16(2)15-12(10)6-14/h3-5,7H,6,14H2,1-2H3. The molecule has 0 aliphatic rings. The normalized spacial score (nSPS) is 10.8. The Morgan fingerprint density at radius 1 is 1.44 bits per heavy atom. The molecule has 0 radical (unpaired) electrons. The Labute approximate surface area is 93.7 Å². The van der Waals surface area contributed by atoms with Crippen LogP contribution in [0, 0.1) is 12.7 Å². The molecule has 1 heterocycles. The lowest BCUT2D eigenvalue weighted by Gasteiger charge is -2.02. The Bertz CT molecular complexity index is 517. The summed E-state index contributed by atoms with van der Waals surface area (Å²) in [7, 11) is 1.85. The van der Waals surface area contributed by atoms with E-state index in [1.165, 1.54) is 6.07 Å². The number of benzene rings is 1. The summed E-state index contributed by atoms with van der Waals surface area (Å²) in [6, 6.07) is 5.03. The maximum atomic E-state index is 13.2. The molecule has 4 heteroatoms. The van der Waals surface area contributed by atoms with Crippen molar-refractivity contribution < 1.29 is 4.39 Å². The van der Waals surface area contributed by atoms with Crippen molar-refractivity contribution in [1.82, 2.24) is 9.78 Å². The zero-order valence-electron chi connectivity index (χ0n) is 9.37. The Morgan fingerprint density at radius 2 is 2.19 bits per heavy atom. The Kier molecular flexibility index (Phi) is 2.75. The quantitative estimate of drug-likeness (QED) is 0.839. The monoisotopic (exact) mass is 219 g/mol. The number of aryl methyl sites for hydroxylation is 2. The van der Waals surface area contributed by atoms with Crippen LogP contribution in [0.5, 0.6) is 0 Å². The van der Waals surface area contributed by atoms with E-state index in [4.69, 9.17) is 5.73 Å². The minimum atomic E-state index is -0.193. The number of nitrogens with zero attached hydrogens (tertiary/aromatic N) is 2. The van der Waals surface area contributed by atoms with E-state index in [-0.39, 0.29) is 5.82 Å². The largest absolute Gasteiger partial charge is 0.325 e. The molecule has 0 fully saturated rings. The van der Waals surface area contributed by atoms with Gasteiger partial charge in [-0.15, -0.1) is 0 Å². The van der Waals surface area contributed by atoms with E-state index in [2.05, 4.69) is 5.10 Å². The molecule has 2 aromatic rings. The summed E-state index contributed by atoms with van der Waals surface area (Å²) in [4.78, 5) is 0. The number of nitrogens with two attached hydrogens (primary N) is 1. The van der Waals surface area contributed by atoms with Crippen molar-refractivity contribution in [3.63, 3.8) is 0 Å². The number of hydrogen-bond donors (Lipinski definition) is 1. The molecule has 0 bridgehead atoms. The van der Waals surface area contributed by atoms with E-state index in [0.29, 0.717) is 12.1 Å². The third-order valence-corrected chi connectivity index (χ3v) is 2.57. The van der Waals surface area contributed by atoms with Gasteiger partial charge in [0.15, 0.2) is 0 Å². The molecule has 16 heavy (non-hydrogen) atoms. The minimum absolute atomic E-state index is 0.193. The highest BCUT2D eigenvalue weighted by Gasteiger charge is 2.09. The van der Waals surface area contributed by atoms with Crippen LogP contribution in [0.1, 0.15) is 11.3 Å². The molecule has 3 nitrogen and oxygen atoms in total. The maximum Gasteiger partial charge on any atom is 0.126 e.